The number of anilines is 1. The molecule has 1 aromatic heterocycles. The van der Waals surface area contributed by atoms with Crippen LogP contribution in [0.1, 0.15) is 10.5 Å². The Hall–Kier alpha value is -1.88. The minimum Gasteiger partial charge on any atom is -0.320 e. The topological polar surface area (TPSA) is 68.0 Å². The monoisotopic (exact) mass is 223 g/mol. The Morgan fingerprint density at radius 2 is 2.00 bits per heavy atom. The van der Waals surface area contributed by atoms with Crippen molar-refractivity contribution < 1.29 is 9.42 Å². The highest BCUT2D eigenvalue weighted by atomic mass is 35.5. The van der Waals surface area contributed by atoms with Crippen LogP contribution in [-0.2, 0) is 0 Å². The maximum atomic E-state index is 11.5. The third kappa shape index (κ3) is 2.13. The van der Waals surface area contributed by atoms with Crippen LogP contribution in [0.4, 0.5) is 5.69 Å². The van der Waals surface area contributed by atoms with E-state index in [1.165, 1.54) is 0 Å². The van der Waals surface area contributed by atoms with Crippen molar-refractivity contribution in [3.63, 3.8) is 0 Å². The molecule has 0 bridgehead atoms. The fourth-order valence-corrected chi connectivity index (χ4v) is 1.18. The molecule has 0 aliphatic carbocycles. The number of hydrogen-bond donors (Lipinski definition) is 1. The van der Waals surface area contributed by atoms with Crippen LogP contribution in [0.3, 0.4) is 0 Å². The number of amides is 1. The van der Waals surface area contributed by atoms with E-state index in [2.05, 4.69) is 20.3 Å². The largest absolute Gasteiger partial charge is 0.320 e. The van der Waals surface area contributed by atoms with E-state index >= 15 is 0 Å². The maximum absolute atomic E-state index is 11.5. The maximum Gasteiger partial charge on any atom is 0.281 e. The Bertz CT molecular complexity index is 469. The van der Waals surface area contributed by atoms with E-state index in [0.29, 0.717) is 5.69 Å². The van der Waals surface area contributed by atoms with Gasteiger partial charge in [-0.15, -0.1) is 0 Å². The zero-order valence-electron chi connectivity index (χ0n) is 7.48. The highest BCUT2D eigenvalue weighted by Crippen LogP contribution is 2.12. The van der Waals surface area contributed by atoms with Gasteiger partial charge in [0, 0.05) is 5.69 Å². The van der Waals surface area contributed by atoms with Crippen molar-refractivity contribution in [1.82, 2.24) is 10.3 Å². The molecule has 6 heteroatoms. The van der Waals surface area contributed by atoms with Crippen LogP contribution in [-0.4, -0.2) is 16.2 Å². The molecule has 76 valence electrons. The first kappa shape index (κ1) is 9.67. The van der Waals surface area contributed by atoms with Crippen molar-refractivity contribution in [2.24, 2.45) is 0 Å². The first-order valence-electron chi connectivity index (χ1n) is 4.12. The molecule has 0 aliphatic heterocycles. The summed E-state index contributed by atoms with van der Waals surface area (Å²) < 4.78 is 4.31. The molecule has 0 unspecified atom stereocenters. The van der Waals surface area contributed by atoms with Crippen molar-refractivity contribution in [3.05, 3.63) is 41.2 Å². The van der Waals surface area contributed by atoms with Gasteiger partial charge in [-0.1, -0.05) is 29.8 Å². The van der Waals surface area contributed by atoms with E-state index in [-0.39, 0.29) is 10.8 Å². The normalized spacial score (nSPS) is 9.93. The summed E-state index contributed by atoms with van der Waals surface area (Å²) in [7, 11) is 0. The summed E-state index contributed by atoms with van der Waals surface area (Å²) >= 11 is 5.57. The third-order valence-corrected chi connectivity index (χ3v) is 1.94. The Kier molecular flexibility index (Phi) is 2.64. The van der Waals surface area contributed by atoms with Crippen LogP contribution < -0.4 is 5.32 Å². The predicted octanol–water partition coefficient (Wildman–Crippen LogP) is 1.98. The second-order valence-electron chi connectivity index (χ2n) is 2.72. The molecule has 1 N–H and O–H groups in total. The van der Waals surface area contributed by atoms with Gasteiger partial charge in [0.05, 0.1) is 0 Å². The summed E-state index contributed by atoms with van der Waals surface area (Å²) in [4.78, 5) is 11.5. The fourth-order valence-electron chi connectivity index (χ4n) is 1.02. The van der Waals surface area contributed by atoms with Crippen LogP contribution in [0.5, 0.6) is 0 Å². The average molecular weight is 224 g/mol. The molecular formula is C9H6ClN3O2. The standard InChI is InChI=1S/C9H6ClN3O2/c10-8-7(12-15-13-8)9(14)11-6-4-2-1-3-5-6/h1-5H,(H,11,14). The minimum atomic E-state index is -0.451. The molecule has 0 atom stereocenters. The Morgan fingerprint density at radius 3 is 2.60 bits per heavy atom. The molecule has 0 fully saturated rings. The Balaban J connectivity index is 2.15. The van der Waals surface area contributed by atoms with Gasteiger partial charge in [0.2, 0.25) is 10.8 Å². The van der Waals surface area contributed by atoms with Crippen LogP contribution in [0, 0.1) is 0 Å². The quantitative estimate of drug-likeness (QED) is 0.845. The van der Waals surface area contributed by atoms with Gasteiger partial charge >= 0.3 is 0 Å². The number of carbonyl (C=O) groups is 1. The van der Waals surface area contributed by atoms with Crippen molar-refractivity contribution in [1.29, 1.82) is 0 Å². The molecule has 0 aliphatic rings. The van der Waals surface area contributed by atoms with E-state index in [1.807, 2.05) is 6.07 Å². The summed E-state index contributed by atoms with van der Waals surface area (Å²) in [5.74, 6) is -0.451. The highest BCUT2D eigenvalue weighted by molar-refractivity contribution is 6.32. The van der Waals surface area contributed by atoms with Gasteiger partial charge in [0.25, 0.3) is 5.91 Å². The number of hydrogen-bond acceptors (Lipinski definition) is 4. The van der Waals surface area contributed by atoms with Crippen molar-refractivity contribution >= 4 is 23.2 Å². The second-order valence-corrected chi connectivity index (χ2v) is 3.08. The number of halogens is 1. The lowest BCUT2D eigenvalue weighted by Crippen LogP contribution is -2.12. The minimum absolute atomic E-state index is 0.0273. The van der Waals surface area contributed by atoms with Gasteiger partial charge in [-0.3, -0.25) is 4.79 Å². The van der Waals surface area contributed by atoms with Gasteiger partial charge in [-0.25, -0.2) is 4.63 Å². The van der Waals surface area contributed by atoms with Gasteiger partial charge in [-0.05, 0) is 22.4 Å². The third-order valence-electron chi connectivity index (χ3n) is 1.70. The molecule has 1 heterocycles. The van der Waals surface area contributed by atoms with E-state index in [0.717, 1.165) is 0 Å². The number of benzene rings is 1. The molecule has 2 aromatic rings. The number of para-hydroxylation sites is 1. The average Bonchev–Trinajstić information content (AvgIpc) is 2.66. The van der Waals surface area contributed by atoms with Gasteiger partial charge in [-0.2, -0.15) is 0 Å². The molecular weight excluding hydrogens is 218 g/mol. The lowest BCUT2D eigenvalue weighted by atomic mass is 10.3. The number of aromatic nitrogens is 2. The number of carbonyl (C=O) groups excluding carboxylic acids is 1. The molecule has 1 amide bonds. The lowest BCUT2D eigenvalue weighted by Gasteiger charge is -2.00. The van der Waals surface area contributed by atoms with Gasteiger partial charge in [0.1, 0.15) is 0 Å². The van der Waals surface area contributed by atoms with E-state index in [1.54, 1.807) is 24.3 Å². The van der Waals surface area contributed by atoms with E-state index < -0.39 is 5.91 Å². The number of nitrogens with zero attached hydrogens (tertiary/aromatic N) is 2. The first-order chi connectivity index (χ1) is 7.27. The lowest BCUT2D eigenvalue weighted by molar-refractivity contribution is 0.101. The van der Waals surface area contributed by atoms with Crippen molar-refractivity contribution in [2.45, 2.75) is 0 Å². The zero-order valence-corrected chi connectivity index (χ0v) is 8.23. The summed E-state index contributed by atoms with van der Waals surface area (Å²) in [5.41, 5.74) is 0.627. The number of rotatable bonds is 2. The molecule has 0 saturated carbocycles. The molecule has 2 rings (SSSR count). The zero-order chi connectivity index (χ0) is 10.7. The smallest absolute Gasteiger partial charge is 0.281 e. The van der Waals surface area contributed by atoms with E-state index in [9.17, 15) is 4.79 Å². The molecule has 0 radical (unpaired) electrons. The van der Waals surface area contributed by atoms with Crippen LogP contribution in [0.15, 0.2) is 35.0 Å². The van der Waals surface area contributed by atoms with Crippen LogP contribution in [0.2, 0.25) is 5.15 Å². The predicted molar refractivity (Wildman–Crippen MR) is 53.7 cm³/mol. The van der Waals surface area contributed by atoms with Gasteiger partial charge in [0.15, 0.2) is 0 Å². The number of nitrogens with one attached hydrogen (secondary N) is 1. The summed E-state index contributed by atoms with van der Waals surface area (Å²) in [6, 6.07) is 8.95. The first-order valence-corrected chi connectivity index (χ1v) is 4.49. The SMILES string of the molecule is O=C(Nc1ccccc1)c1nonc1Cl. The summed E-state index contributed by atoms with van der Waals surface area (Å²) in [6.45, 7) is 0. The summed E-state index contributed by atoms with van der Waals surface area (Å²) in [6.07, 6.45) is 0. The highest BCUT2D eigenvalue weighted by Gasteiger charge is 2.16. The van der Waals surface area contributed by atoms with Crippen molar-refractivity contribution in [2.75, 3.05) is 5.32 Å². The van der Waals surface area contributed by atoms with Crippen LogP contribution >= 0.6 is 11.6 Å². The van der Waals surface area contributed by atoms with Gasteiger partial charge < -0.3 is 5.32 Å². The molecule has 0 saturated heterocycles. The van der Waals surface area contributed by atoms with Crippen LogP contribution in [0.25, 0.3) is 0 Å². The molecule has 1 aromatic carbocycles. The fraction of sp³-hybridized carbons (Fsp3) is 0. The summed E-state index contributed by atoms with van der Waals surface area (Å²) in [5, 5.41) is 9.23. The van der Waals surface area contributed by atoms with Crippen molar-refractivity contribution in [3.8, 4) is 0 Å². The molecule has 15 heavy (non-hydrogen) atoms. The van der Waals surface area contributed by atoms with E-state index in [4.69, 9.17) is 11.6 Å². The molecule has 0 spiro atoms. The molecule has 5 nitrogen and oxygen atoms in total. The Morgan fingerprint density at radius 1 is 1.27 bits per heavy atom. The second kappa shape index (κ2) is 4.10. The Labute approximate surface area is 90.0 Å².